The van der Waals surface area contributed by atoms with Crippen LogP contribution in [0.15, 0.2) is 121 Å². The van der Waals surface area contributed by atoms with Crippen LogP contribution in [-0.4, -0.2) is 17.1 Å². The third-order valence-corrected chi connectivity index (χ3v) is 8.06. The Balaban J connectivity index is 1.30. The number of carboxylic acids is 1. The zero-order valence-electron chi connectivity index (χ0n) is 22.7. The Labute approximate surface area is 241 Å². The maximum absolute atomic E-state index is 11.1. The van der Waals surface area contributed by atoms with E-state index in [1.165, 1.54) is 52.6 Å². The Bertz CT molecular complexity index is 1650. The van der Waals surface area contributed by atoms with E-state index >= 15 is 0 Å². The van der Waals surface area contributed by atoms with Crippen molar-refractivity contribution in [1.29, 1.82) is 0 Å². The van der Waals surface area contributed by atoms with Gasteiger partial charge in [0.05, 0.1) is 6.57 Å². The van der Waals surface area contributed by atoms with Crippen LogP contribution in [0.25, 0.3) is 22.6 Å². The molecule has 41 heavy (non-hydrogen) atoms. The molecule has 2 unspecified atom stereocenters. The molecular formula is C37H30N2O2. The summed E-state index contributed by atoms with van der Waals surface area (Å²) >= 11 is 0. The Hall–Kier alpha value is -5.14. The summed E-state index contributed by atoms with van der Waals surface area (Å²) in [6, 6.07) is 36.9. The van der Waals surface area contributed by atoms with Crippen molar-refractivity contribution in [2.75, 3.05) is 4.90 Å². The maximum atomic E-state index is 11.1. The molecule has 6 rings (SSSR count). The van der Waals surface area contributed by atoms with Gasteiger partial charge in [-0.15, -0.1) is 0 Å². The van der Waals surface area contributed by atoms with E-state index in [0.717, 1.165) is 17.5 Å². The summed E-state index contributed by atoms with van der Waals surface area (Å²) < 4.78 is 0. The summed E-state index contributed by atoms with van der Waals surface area (Å²) in [5.41, 5.74) is 9.26. The lowest BCUT2D eigenvalue weighted by molar-refractivity contribution is -0.132. The first-order valence-electron chi connectivity index (χ1n) is 14.0. The van der Waals surface area contributed by atoms with Gasteiger partial charge >= 0.3 is 5.97 Å². The molecule has 1 aliphatic carbocycles. The Morgan fingerprint density at radius 1 is 0.854 bits per heavy atom. The first-order chi connectivity index (χ1) is 20.1. The summed E-state index contributed by atoms with van der Waals surface area (Å²) in [7, 11) is 0. The minimum Gasteiger partial charge on any atom is -0.486 e. The number of carboxylic acid groups (broad SMARTS) is 1. The van der Waals surface area contributed by atoms with Gasteiger partial charge in [0, 0.05) is 23.3 Å². The number of hydrogen-bond acceptors (Lipinski definition) is 2. The lowest BCUT2D eigenvalue weighted by Gasteiger charge is -2.27. The second-order valence-electron chi connectivity index (χ2n) is 10.5. The summed E-state index contributed by atoms with van der Waals surface area (Å²) in [5, 5.41) is 9.08. The molecule has 0 saturated heterocycles. The number of benzene rings is 4. The van der Waals surface area contributed by atoms with Crippen LogP contribution in [0.3, 0.4) is 0 Å². The van der Waals surface area contributed by atoms with Gasteiger partial charge in [-0.05, 0) is 82.6 Å². The van der Waals surface area contributed by atoms with Gasteiger partial charge in [-0.3, -0.25) is 4.79 Å². The summed E-state index contributed by atoms with van der Waals surface area (Å²) in [5.74, 6) is -0.727. The molecule has 1 aliphatic heterocycles. The van der Waals surface area contributed by atoms with Gasteiger partial charge in [0.1, 0.15) is 0 Å². The average molecular weight is 535 g/mol. The lowest BCUT2D eigenvalue weighted by atomic mass is 9.95. The molecule has 1 N–H and O–H groups in total. The van der Waals surface area contributed by atoms with E-state index in [2.05, 4.69) is 107 Å². The van der Waals surface area contributed by atoms with Gasteiger partial charge in [-0.25, -0.2) is 4.85 Å². The summed E-state index contributed by atoms with van der Waals surface area (Å²) in [6.07, 6.45) is 10.7. The van der Waals surface area contributed by atoms with Crippen LogP contribution in [-0.2, 0) is 4.79 Å². The van der Waals surface area contributed by atoms with Crippen LogP contribution in [0.5, 0.6) is 0 Å². The number of allylic oxidation sites excluding steroid dienone is 2. The van der Waals surface area contributed by atoms with Crippen molar-refractivity contribution in [3.05, 3.63) is 160 Å². The fraction of sp³-hybridized carbons (Fsp3) is 0.135. The number of anilines is 2. The van der Waals surface area contributed by atoms with Crippen molar-refractivity contribution in [3.63, 3.8) is 0 Å². The van der Waals surface area contributed by atoms with Gasteiger partial charge in [-0.2, -0.15) is 0 Å². The molecule has 2 atom stereocenters. The van der Waals surface area contributed by atoms with Gasteiger partial charge in [-0.1, -0.05) is 97.4 Å². The van der Waals surface area contributed by atoms with E-state index in [-0.39, 0.29) is 5.70 Å². The molecule has 0 radical (unpaired) electrons. The molecule has 0 spiro atoms. The van der Waals surface area contributed by atoms with Crippen LogP contribution in [0, 0.1) is 6.57 Å². The quantitative estimate of drug-likeness (QED) is 0.111. The number of aliphatic carboxylic acids is 1. The highest BCUT2D eigenvalue weighted by Gasteiger charge is 2.42. The highest BCUT2D eigenvalue weighted by molar-refractivity contribution is 5.92. The zero-order valence-corrected chi connectivity index (χ0v) is 22.7. The van der Waals surface area contributed by atoms with E-state index in [1.54, 1.807) is 6.08 Å². The fourth-order valence-electron chi connectivity index (χ4n) is 6.19. The van der Waals surface area contributed by atoms with Gasteiger partial charge < -0.3 is 10.0 Å². The second-order valence-corrected chi connectivity index (χ2v) is 10.5. The maximum Gasteiger partial charge on any atom is 0.333 e. The van der Waals surface area contributed by atoms with Gasteiger partial charge in [0.2, 0.25) is 0 Å². The van der Waals surface area contributed by atoms with E-state index < -0.39 is 5.97 Å². The van der Waals surface area contributed by atoms with Crippen molar-refractivity contribution in [2.24, 2.45) is 0 Å². The standard InChI is InChI=1S/C37H30N2O2/c1-38-34(37(40)41)16-8-10-26-20-23-36-33(25-26)31-15-9-17-35(31)39(36)30-21-18-27(19-22-30)24-32(28-11-4-2-5-12-28)29-13-6-3-7-14-29/h2-8,10-14,16,18-25,31,35H,9,15,17H2,(H,40,41)/b10-8+,34-16-. The molecule has 1 saturated carbocycles. The smallest absolute Gasteiger partial charge is 0.333 e. The highest BCUT2D eigenvalue weighted by atomic mass is 16.4. The van der Waals surface area contributed by atoms with Crippen molar-refractivity contribution in [2.45, 2.75) is 31.2 Å². The molecule has 4 aromatic carbocycles. The molecule has 0 aromatic heterocycles. The number of carbonyl (C=O) groups is 1. The Kier molecular flexibility index (Phi) is 7.34. The Morgan fingerprint density at radius 2 is 1.51 bits per heavy atom. The SMILES string of the molecule is [C-]#[N+]/C(=C\C=C\c1ccc2c(c1)C1CCCC1N2c1ccc(C=C(c2ccccc2)c2ccccc2)cc1)C(=O)O. The second kappa shape index (κ2) is 11.5. The van der Waals surface area contributed by atoms with Crippen molar-refractivity contribution >= 4 is 35.1 Å². The third-order valence-electron chi connectivity index (χ3n) is 8.06. The molecule has 1 fully saturated rings. The number of rotatable bonds is 7. The van der Waals surface area contributed by atoms with E-state index in [4.69, 9.17) is 11.7 Å². The van der Waals surface area contributed by atoms with Gasteiger partial charge in [0.25, 0.3) is 5.70 Å². The van der Waals surface area contributed by atoms with Crippen LogP contribution in [0.2, 0.25) is 0 Å². The van der Waals surface area contributed by atoms with Crippen molar-refractivity contribution in [1.82, 2.24) is 0 Å². The lowest BCUT2D eigenvalue weighted by Crippen LogP contribution is -2.26. The van der Waals surface area contributed by atoms with Crippen LogP contribution >= 0.6 is 0 Å². The molecular weight excluding hydrogens is 504 g/mol. The first-order valence-corrected chi connectivity index (χ1v) is 14.0. The van der Waals surface area contributed by atoms with Gasteiger partial charge in [0.15, 0.2) is 0 Å². The predicted octanol–water partition coefficient (Wildman–Crippen LogP) is 8.96. The molecule has 0 amide bonds. The highest BCUT2D eigenvalue weighted by Crippen LogP contribution is 2.52. The largest absolute Gasteiger partial charge is 0.486 e. The first kappa shape index (κ1) is 26.1. The summed E-state index contributed by atoms with van der Waals surface area (Å²) in [6.45, 7) is 7.02. The third kappa shape index (κ3) is 5.35. The topological polar surface area (TPSA) is 44.9 Å². The summed E-state index contributed by atoms with van der Waals surface area (Å²) in [4.78, 5) is 16.7. The minimum atomic E-state index is -1.21. The molecule has 2 aliphatic rings. The predicted molar refractivity (Wildman–Crippen MR) is 167 cm³/mol. The van der Waals surface area contributed by atoms with E-state index in [0.29, 0.717) is 12.0 Å². The van der Waals surface area contributed by atoms with Crippen LogP contribution in [0.4, 0.5) is 11.4 Å². The minimum absolute atomic E-state index is 0.289. The molecule has 200 valence electrons. The van der Waals surface area contributed by atoms with Crippen molar-refractivity contribution < 1.29 is 9.90 Å². The van der Waals surface area contributed by atoms with Crippen LogP contribution < -0.4 is 4.90 Å². The number of nitrogens with zero attached hydrogens (tertiary/aromatic N) is 2. The number of fused-ring (bicyclic) bond motifs is 3. The molecule has 4 aromatic rings. The monoisotopic (exact) mass is 534 g/mol. The Morgan fingerprint density at radius 3 is 2.15 bits per heavy atom. The average Bonchev–Trinajstić information content (AvgIpc) is 3.60. The molecule has 1 heterocycles. The van der Waals surface area contributed by atoms with E-state index in [9.17, 15) is 4.79 Å². The van der Waals surface area contributed by atoms with Crippen molar-refractivity contribution in [3.8, 4) is 0 Å². The zero-order chi connectivity index (χ0) is 28.2. The fourth-order valence-corrected chi connectivity index (χ4v) is 6.19. The normalized spacial score (nSPS) is 17.6. The molecule has 4 heteroatoms. The molecule has 4 nitrogen and oxygen atoms in total. The number of hydrogen-bond donors (Lipinski definition) is 1. The van der Waals surface area contributed by atoms with Crippen LogP contribution in [0.1, 0.15) is 53.0 Å². The molecule has 0 bridgehead atoms. The van der Waals surface area contributed by atoms with E-state index in [1.807, 2.05) is 18.2 Å².